The number of rotatable bonds is 6. The lowest BCUT2D eigenvalue weighted by Gasteiger charge is -2.54. The van der Waals surface area contributed by atoms with E-state index >= 15 is 0 Å². The summed E-state index contributed by atoms with van der Waals surface area (Å²) in [6.07, 6.45) is 5.19. The van der Waals surface area contributed by atoms with Gasteiger partial charge in [0.25, 0.3) is 15.9 Å². The molecule has 1 aromatic rings. The Kier molecular flexibility index (Phi) is 5.91. The van der Waals surface area contributed by atoms with E-state index in [1.807, 2.05) is 4.90 Å². The van der Waals surface area contributed by atoms with Crippen LogP contribution in [0.3, 0.4) is 0 Å². The van der Waals surface area contributed by atoms with Crippen molar-refractivity contribution < 1.29 is 26.7 Å². The molecule has 4 fully saturated rings. The number of carbonyl (C=O) groups excluding carboxylic acids is 1. The zero-order chi connectivity index (χ0) is 27.4. The summed E-state index contributed by atoms with van der Waals surface area (Å²) in [7, 11) is -7.50. The molecule has 4 saturated carbocycles. The minimum Gasteiger partial charge on any atom is -0.511 e. The summed E-state index contributed by atoms with van der Waals surface area (Å²) in [6.45, 7) is 6.95. The first-order chi connectivity index (χ1) is 17.7. The van der Waals surface area contributed by atoms with E-state index in [4.69, 9.17) is 0 Å². The number of aryl methyl sites for hydroxylation is 1. The molecule has 1 amide bonds. The summed E-state index contributed by atoms with van der Waals surface area (Å²) in [5.41, 5.74) is 0.355. The molecule has 2 N–H and O–H groups in total. The number of anilines is 1. The van der Waals surface area contributed by atoms with Crippen molar-refractivity contribution >= 4 is 47.9 Å². The van der Waals surface area contributed by atoms with Gasteiger partial charge in [0.1, 0.15) is 31.1 Å². The predicted molar refractivity (Wildman–Crippen MR) is 147 cm³/mol. The number of nitrogens with zero attached hydrogens (tertiary/aromatic N) is 2. The summed E-state index contributed by atoms with van der Waals surface area (Å²) in [4.78, 5) is 15.9. The Morgan fingerprint density at radius 3 is 2.55 bits per heavy atom. The van der Waals surface area contributed by atoms with Crippen molar-refractivity contribution in [1.29, 1.82) is 0 Å². The first-order valence-corrected chi connectivity index (χ1v) is 17.7. The highest BCUT2D eigenvalue weighted by atomic mass is 32.2. The van der Waals surface area contributed by atoms with Crippen LogP contribution in [-0.4, -0.2) is 63.2 Å². The van der Waals surface area contributed by atoms with Gasteiger partial charge < -0.3 is 15.3 Å². The molecule has 4 aliphatic carbocycles. The van der Waals surface area contributed by atoms with Crippen molar-refractivity contribution in [3.63, 3.8) is 0 Å². The fourth-order valence-electron chi connectivity index (χ4n) is 7.32. The zero-order valence-electron chi connectivity index (χ0n) is 22.1. The minimum atomic E-state index is -4.21. The number of fused-ring (bicyclic) bond motifs is 2. The molecule has 9 nitrogen and oxygen atoms in total. The van der Waals surface area contributed by atoms with E-state index in [2.05, 4.69) is 30.5 Å². The van der Waals surface area contributed by atoms with Crippen LogP contribution in [-0.2, 0) is 31.1 Å². The Bertz CT molecular complexity index is 1480. The summed E-state index contributed by atoms with van der Waals surface area (Å²) >= 11 is 1.14. The Morgan fingerprint density at radius 1 is 1.18 bits per heavy atom. The maximum Gasteiger partial charge on any atom is 0.287 e. The van der Waals surface area contributed by atoms with Crippen LogP contribution in [0.25, 0.3) is 0 Å². The first-order valence-electron chi connectivity index (χ1n) is 13.3. The number of hydrogen-bond acceptors (Lipinski definition) is 8. The zero-order valence-corrected chi connectivity index (χ0v) is 24.5. The van der Waals surface area contributed by atoms with E-state index in [9.17, 15) is 26.7 Å². The summed E-state index contributed by atoms with van der Waals surface area (Å²) in [6, 6.07) is -0.0585. The van der Waals surface area contributed by atoms with Gasteiger partial charge in [0.15, 0.2) is 5.84 Å². The second kappa shape index (κ2) is 8.54. The molecule has 3 heterocycles. The topological polar surface area (TPSA) is 133 Å². The fourth-order valence-corrected chi connectivity index (χ4v) is 10.6. The summed E-state index contributed by atoms with van der Waals surface area (Å²) < 4.78 is 54.0. The number of aliphatic hydroxyl groups excluding tert-OH is 1. The molecular formula is C26H35N3O6S3. The van der Waals surface area contributed by atoms with Crippen LogP contribution in [0.15, 0.2) is 26.0 Å². The number of amidine groups is 1. The molecule has 12 heteroatoms. The van der Waals surface area contributed by atoms with Crippen molar-refractivity contribution in [3.05, 3.63) is 22.3 Å². The molecular weight excluding hydrogens is 547 g/mol. The molecule has 0 spiro atoms. The molecule has 0 radical (unpaired) electrons. The Labute approximate surface area is 228 Å². The Hall–Kier alpha value is -1.92. The van der Waals surface area contributed by atoms with Gasteiger partial charge in [-0.15, -0.1) is 15.7 Å². The van der Waals surface area contributed by atoms with E-state index in [-0.39, 0.29) is 63.4 Å². The van der Waals surface area contributed by atoms with E-state index in [0.717, 1.165) is 43.3 Å². The highest BCUT2D eigenvalue weighted by Gasteiger charge is 2.65. The highest BCUT2D eigenvalue weighted by molar-refractivity contribution is 7.91. The van der Waals surface area contributed by atoms with Gasteiger partial charge in [-0.1, -0.05) is 20.8 Å². The Balaban J connectivity index is 1.40. The third kappa shape index (κ3) is 4.30. The average molecular weight is 582 g/mol. The molecule has 2 aliphatic heterocycles. The fraction of sp³-hybridized carbons (Fsp3) is 0.692. The van der Waals surface area contributed by atoms with Crippen LogP contribution in [0.1, 0.15) is 52.0 Å². The number of thiophene rings is 1. The number of hydrogen-bond donors (Lipinski definition) is 2. The minimum absolute atomic E-state index is 0.00707. The molecule has 0 aromatic carbocycles. The smallest absolute Gasteiger partial charge is 0.287 e. The third-order valence-electron chi connectivity index (χ3n) is 9.10. The van der Waals surface area contributed by atoms with Crippen molar-refractivity contribution in [3.8, 4) is 0 Å². The van der Waals surface area contributed by atoms with Crippen LogP contribution >= 0.6 is 11.3 Å². The standard InChI is InChI=1S/C26H35N3O6S3/c1-26(2,3)8-9-29-20-15-6-5-14(16-11-17(15)16)18(20)21(30)19(25(29)31)23-27-24-22(38(34,35)28-23)13(12-36-24)7-10-37(4,32)33/h12,14-18,20,30H,5-11H2,1-4H3,(H,27,28). The lowest BCUT2D eigenvalue weighted by atomic mass is 9.59. The van der Waals surface area contributed by atoms with Crippen molar-refractivity contribution in [2.24, 2.45) is 39.4 Å². The number of carbonyl (C=O) groups is 1. The van der Waals surface area contributed by atoms with Gasteiger partial charge in [0.2, 0.25) is 0 Å². The van der Waals surface area contributed by atoms with Gasteiger partial charge in [-0.3, -0.25) is 4.79 Å². The number of sulfone groups is 1. The quantitative estimate of drug-likeness (QED) is 0.524. The highest BCUT2D eigenvalue weighted by Crippen LogP contribution is 2.67. The number of nitrogens with one attached hydrogen (secondary N) is 1. The van der Waals surface area contributed by atoms with Gasteiger partial charge in [-0.05, 0) is 72.1 Å². The second-order valence-electron chi connectivity index (χ2n) is 12.9. The van der Waals surface area contributed by atoms with Crippen LogP contribution in [0.2, 0.25) is 0 Å². The molecule has 1 aromatic heterocycles. The molecule has 6 atom stereocenters. The molecule has 208 valence electrons. The predicted octanol–water partition coefficient (Wildman–Crippen LogP) is 3.60. The number of aliphatic hydroxyl groups is 1. The number of amides is 1. The third-order valence-corrected chi connectivity index (χ3v) is 12.5. The van der Waals surface area contributed by atoms with E-state index < -0.39 is 19.9 Å². The molecule has 38 heavy (non-hydrogen) atoms. The second-order valence-corrected chi connectivity index (χ2v) is 17.6. The maximum absolute atomic E-state index is 14.1. The van der Waals surface area contributed by atoms with Crippen molar-refractivity contribution in [2.45, 2.75) is 63.8 Å². The summed E-state index contributed by atoms with van der Waals surface area (Å²) in [5.74, 6) is 0.953. The first kappa shape index (κ1) is 26.3. The van der Waals surface area contributed by atoms with Crippen molar-refractivity contribution in [1.82, 2.24) is 4.90 Å². The maximum atomic E-state index is 14.1. The summed E-state index contributed by atoms with van der Waals surface area (Å²) in [5, 5.41) is 16.6. The van der Waals surface area contributed by atoms with Crippen LogP contribution in [0.4, 0.5) is 5.00 Å². The molecule has 6 aliphatic rings. The van der Waals surface area contributed by atoms with E-state index in [0.29, 0.717) is 34.9 Å². The number of sulfonamides is 1. The van der Waals surface area contributed by atoms with Gasteiger partial charge >= 0.3 is 0 Å². The molecule has 0 saturated heterocycles. The van der Waals surface area contributed by atoms with Crippen molar-refractivity contribution in [2.75, 3.05) is 23.9 Å². The largest absolute Gasteiger partial charge is 0.511 e. The van der Waals surface area contributed by atoms with Gasteiger partial charge in [0.05, 0.1) is 5.75 Å². The van der Waals surface area contributed by atoms with E-state index in [1.165, 1.54) is 0 Å². The average Bonchev–Trinajstić information content (AvgIpc) is 3.51. The molecule has 7 rings (SSSR count). The van der Waals surface area contributed by atoms with Gasteiger partial charge in [-0.2, -0.15) is 8.42 Å². The molecule has 6 unspecified atom stereocenters. The van der Waals surface area contributed by atoms with E-state index in [1.54, 1.807) is 5.38 Å². The van der Waals surface area contributed by atoms with Crippen LogP contribution in [0, 0.1) is 35.0 Å². The Morgan fingerprint density at radius 2 is 1.87 bits per heavy atom. The monoisotopic (exact) mass is 581 g/mol. The van der Waals surface area contributed by atoms with Crippen LogP contribution < -0.4 is 5.32 Å². The van der Waals surface area contributed by atoms with Gasteiger partial charge in [-0.25, -0.2) is 8.42 Å². The SMILES string of the molecule is CC(C)(C)CCN1C(=O)C(C2=NS(=O)(=O)c3c(CCS(C)(=O)=O)csc3N2)=C(O)C2C3CCC(C4CC43)C21. The molecule has 2 bridgehead atoms. The lowest BCUT2D eigenvalue weighted by molar-refractivity contribution is -0.140. The van der Waals surface area contributed by atoms with Gasteiger partial charge in [0, 0.05) is 24.8 Å². The normalized spacial score (nSPS) is 33.3. The van der Waals surface area contributed by atoms with Crippen LogP contribution in [0.5, 0.6) is 0 Å². The lowest BCUT2D eigenvalue weighted by Crippen LogP contribution is -2.61.